The van der Waals surface area contributed by atoms with Gasteiger partial charge in [0.05, 0.1) is 6.07 Å². The molecule has 1 saturated carbocycles. The van der Waals surface area contributed by atoms with Crippen LogP contribution in [0.25, 0.3) is 0 Å². The van der Waals surface area contributed by atoms with E-state index < -0.39 is 6.09 Å². The van der Waals surface area contributed by atoms with Gasteiger partial charge in [-0.2, -0.15) is 5.26 Å². The van der Waals surface area contributed by atoms with Crippen LogP contribution < -0.4 is 10.5 Å². The Bertz CT molecular complexity index is 771. The number of hydrogen-bond acceptors (Lipinski definition) is 5. The third-order valence-electron chi connectivity index (χ3n) is 4.42. The Morgan fingerprint density at radius 3 is 2.96 bits per heavy atom. The number of aryl methyl sites for hydroxylation is 1. The zero-order valence-corrected chi connectivity index (χ0v) is 12.8. The minimum atomic E-state index is -0.840. The fraction of sp³-hybridized carbons (Fsp3) is 0.375. The minimum absolute atomic E-state index is 0.0314. The van der Waals surface area contributed by atoms with Crippen molar-refractivity contribution >= 4 is 6.09 Å². The van der Waals surface area contributed by atoms with Gasteiger partial charge in [0.1, 0.15) is 17.9 Å². The molecule has 0 saturated heterocycles. The van der Waals surface area contributed by atoms with Gasteiger partial charge >= 0.3 is 6.09 Å². The lowest BCUT2D eigenvalue weighted by atomic mass is 9.57. The molecule has 0 unspecified atom stereocenters. The number of hydrogen-bond donors (Lipinski definition) is 1. The molecule has 0 radical (unpaired) electrons. The van der Waals surface area contributed by atoms with Gasteiger partial charge in [-0.3, -0.25) is 0 Å². The van der Waals surface area contributed by atoms with E-state index in [0.717, 1.165) is 24.2 Å². The van der Waals surface area contributed by atoms with Gasteiger partial charge < -0.3 is 15.0 Å². The average molecular weight is 311 g/mol. The Labute approximate surface area is 133 Å². The van der Waals surface area contributed by atoms with Gasteiger partial charge in [0.2, 0.25) is 0 Å². The van der Waals surface area contributed by atoms with Gasteiger partial charge in [0, 0.05) is 24.8 Å². The lowest BCUT2D eigenvalue weighted by Gasteiger charge is -2.45. The molecule has 2 N–H and O–H groups in total. The summed E-state index contributed by atoms with van der Waals surface area (Å²) in [7, 11) is 1.90. The van der Waals surface area contributed by atoms with Crippen molar-refractivity contribution in [1.82, 2.24) is 14.8 Å². The highest BCUT2D eigenvalue weighted by Crippen LogP contribution is 2.50. The number of nitrogens with zero attached hydrogens (tertiary/aromatic N) is 4. The molecule has 3 rings (SSSR count). The number of benzene rings is 1. The van der Waals surface area contributed by atoms with E-state index in [4.69, 9.17) is 15.7 Å². The normalized spacial score (nSPS) is 22.9. The van der Waals surface area contributed by atoms with Crippen molar-refractivity contribution in [3.8, 4) is 11.8 Å². The third-order valence-corrected chi connectivity index (χ3v) is 4.42. The second kappa shape index (κ2) is 5.72. The van der Waals surface area contributed by atoms with Crippen LogP contribution in [0.4, 0.5) is 4.79 Å². The molecule has 7 heteroatoms. The van der Waals surface area contributed by atoms with Crippen molar-refractivity contribution in [3.05, 3.63) is 42.0 Å². The number of rotatable bonds is 4. The smallest absolute Gasteiger partial charge is 0.409 e. The number of primary amides is 1. The summed E-state index contributed by atoms with van der Waals surface area (Å²) < 4.78 is 6.85. The molecule has 1 aromatic carbocycles. The molecule has 2 aromatic rings. The zero-order valence-electron chi connectivity index (χ0n) is 12.8. The monoisotopic (exact) mass is 311 g/mol. The molecule has 1 aromatic heterocycles. The Morgan fingerprint density at radius 1 is 1.57 bits per heavy atom. The molecule has 1 aliphatic carbocycles. The Balaban J connectivity index is 1.92. The molecular weight excluding hydrogens is 294 g/mol. The average Bonchev–Trinajstić information content (AvgIpc) is 2.87. The molecular formula is C16H17N5O2. The van der Waals surface area contributed by atoms with E-state index >= 15 is 0 Å². The molecule has 0 aliphatic heterocycles. The lowest BCUT2D eigenvalue weighted by molar-refractivity contribution is 0.178. The van der Waals surface area contributed by atoms with Crippen LogP contribution in [0.2, 0.25) is 0 Å². The number of nitrogens with two attached hydrogens (primary N) is 1. The lowest BCUT2D eigenvalue weighted by Crippen LogP contribution is -2.43. The molecule has 1 amide bonds. The second-order valence-corrected chi connectivity index (χ2v) is 6.00. The molecule has 7 nitrogen and oxygen atoms in total. The second-order valence-electron chi connectivity index (χ2n) is 6.00. The van der Waals surface area contributed by atoms with Crippen molar-refractivity contribution in [2.75, 3.05) is 0 Å². The van der Waals surface area contributed by atoms with E-state index in [2.05, 4.69) is 16.3 Å². The Kier molecular flexibility index (Phi) is 3.74. The van der Waals surface area contributed by atoms with Crippen LogP contribution in [0.3, 0.4) is 0 Å². The van der Waals surface area contributed by atoms with Gasteiger partial charge in [-0.25, -0.2) is 4.79 Å². The third kappa shape index (κ3) is 2.88. The first kappa shape index (κ1) is 15.0. The maximum atomic E-state index is 10.9. The zero-order chi connectivity index (χ0) is 16.4. The first-order valence-corrected chi connectivity index (χ1v) is 7.33. The van der Waals surface area contributed by atoms with E-state index in [0.29, 0.717) is 12.2 Å². The van der Waals surface area contributed by atoms with Gasteiger partial charge in [-0.05, 0) is 30.5 Å². The Morgan fingerprint density at radius 2 is 2.35 bits per heavy atom. The van der Waals surface area contributed by atoms with E-state index in [9.17, 15) is 4.79 Å². The van der Waals surface area contributed by atoms with Gasteiger partial charge in [-0.15, -0.1) is 10.2 Å². The van der Waals surface area contributed by atoms with Crippen LogP contribution in [-0.4, -0.2) is 20.9 Å². The first-order chi connectivity index (χ1) is 11.0. The highest BCUT2D eigenvalue weighted by Gasteiger charge is 2.46. The molecule has 1 fully saturated rings. The van der Waals surface area contributed by atoms with Crippen LogP contribution in [0.1, 0.15) is 24.2 Å². The fourth-order valence-corrected chi connectivity index (χ4v) is 3.23. The van der Waals surface area contributed by atoms with E-state index in [1.165, 1.54) is 0 Å². The molecule has 0 atom stereocenters. The largest absolute Gasteiger partial charge is 0.410 e. The molecule has 1 aliphatic rings. The maximum absolute atomic E-state index is 10.9. The summed E-state index contributed by atoms with van der Waals surface area (Å²) in [6.07, 6.45) is 3.00. The van der Waals surface area contributed by atoms with Crippen LogP contribution in [0, 0.1) is 17.2 Å². The highest BCUT2D eigenvalue weighted by atomic mass is 16.5. The summed E-state index contributed by atoms with van der Waals surface area (Å²) in [5, 5.41) is 17.2. The van der Waals surface area contributed by atoms with Crippen molar-refractivity contribution in [2.45, 2.75) is 24.7 Å². The highest BCUT2D eigenvalue weighted by molar-refractivity contribution is 5.68. The predicted octanol–water partition coefficient (Wildman–Crippen LogP) is 1.69. The summed E-state index contributed by atoms with van der Waals surface area (Å²) in [6.45, 7) is 0. The van der Waals surface area contributed by atoms with Crippen LogP contribution in [-0.2, 0) is 18.9 Å². The van der Waals surface area contributed by atoms with Gasteiger partial charge in [0.15, 0.2) is 0 Å². The molecule has 0 bridgehead atoms. The molecule has 23 heavy (non-hydrogen) atoms. The summed E-state index contributed by atoms with van der Waals surface area (Å²) in [5.74, 6) is 1.30. The topological polar surface area (TPSA) is 107 Å². The molecule has 0 spiro atoms. The van der Waals surface area contributed by atoms with E-state index in [1.807, 2.05) is 29.8 Å². The summed E-state index contributed by atoms with van der Waals surface area (Å²) in [6, 6.07) is 9.63. The first-order valence-electron chi connectivity index (χ1n) is 7.33. The molecule has 1 heterocycles. The number of amides is 1. The maximum Gasteiger partial charge on any atom is 0.409 e. The van der Waals surface area contributed by atoms with Crippen molar-refractivity contribution < 1.29 is 9.53 Å². The number of carbonyl (C=O) groups excluding carboxylic acids is 1. The summed E-state index contributed by atoms with van der Waals surface area (Å²) in [4.78, 5) is 10.9. The standard InChI is InChI=1S/C16H17N5O2/c1-21-10-19-20-14(21)8-16(6-11(7-16)9-17)12-3-2-4-13(5-12)23-15(18)22/h2-5,10-11H,6-8H2,1H3,(H2,18,22)/t11-,16-. The number of carbonyl (C=O) groups is 1. The van der Waals surface area contributed by atoms with Crippen molar-refractivity contribution in [1.29, 1.82) is 5.26 Å². The van der Waals surface area contributed by atoms with E-state index in [-0.39, 0.29) is 11.3 Å². The van der Waals surface area contributed by atoms with Crippen molar-refractivity contribution in [2.24, 2.45) is 18.7 Å². The van der Waals surface area contributed by atoms with Crippen LogP contribution in [0.15, 0.2) is 30.6 Å². The molecule has 118 valence electrons. The Hall–Kier alpha value is -2.88. The predicted molar refractivity (Wildman–Crippen MR) is 81.4 cm³/mol. The SMILES string of the molecule is Cn1cnnc1C[C@]1(c2cccc(OC(N)=O)c2)C[C@H](C#N)C1. The number of ether oxygens (including phenoxy) is 1. The van der Waals surface area contributed by atoms with Crippen LogP contribution in [0.5, 0.6) is 5.75 Å². The van der Waals surface area contributed by atoms with Crippen molar-refractivity contribution in [3.63, 3.8) is 0 Å². The number of aromatic nitrogens is 3. The fourth-order valence-electron chi connectivity index (χ4n) is 3.23. The quantitative estimate of drug-likeness (QED) is 0.924. The summed E-state index contributed by atoms with van der Waals surface area (Å²) in [5.41, 5.74) is 5.90. The van der Waals surface area contributed by atoms with Gasteiger partial charge in [0.25, 0.3) is 0 Å². The van der Waals surface area contributed by atoms with Crippen LogP contribution >= 0.6 is 0 Å². The number of nitriles is 1. The van der Waals surface area contributed by atoms with Gasteiger partial charge in [-0.1, -0.05) is 12.1 Å². The van der Waals surface area contributed by atoms with E-state index in [1.54, 1.807) is 12.4 Å². The summed E-state index contributed by atoms with van der Waals surface area (Å²) >= 11 is 0. The minimum Gasteiger partial charge on any atom is -0.410 e.